The Balaban J connectivity index is 0.00000242. The maximum atomic E-state index is 12.5. The van der Waals surface area contributed by atoms with E-state index in [0.717, 1.165) is 36.0 Å². The van der Waals surface area contributed by atoms with E-state index in [-0.39, 0.29) is 36.7 Å². The van der Waals surface area contributed by atoms with E-state index >= 15 is 0 Å². The molecule has 2 atom stereocenters. The predicted octanol–water partition coefficient (Wildman–Crippen LogP) is 2.92. The first-order valence-corrected chi connectivity index (χ1v) is 7.67. The second kappa shape index (κ2) is 7.61. The van der Waals surface area contributed by atoms with Crippen molar-refractivity contribution in [2.45, 2.75) is 32.0 Å². The second-order valence-electron chi connectivity index (χ2n) is 5.35. The minimum Gasteiger partial charge on any atom is -0.339 e. The highest BCUT2D eigenvalue weighted by Gasteiger charge is 2.35. The van der Waals surface area contributed by atoms with Crippen LogP contribution in [-0.2, 0) is 17.5 Å². The topological polar surface area (TPSA) is 59.2 Å². The molecular weight excluding hydrogens is 339 g/mol. The summed E-state index contributed by atoms with van der Waals surface area (Å²) in [4.78, 5) is 17.3. The maximum Gasteiger partial charge on any atom is 0.434 e. The first-order valence-electron chi connectivity index (χ1n) is 6.79. The molecule has 1 fully saturated rings. The van der Waals surface area contributed by atoms with Crippen LogP contribution in [-0.4, -0.2) is 29.4 Å². The second-order valence-corrected chi connectivity index (χ2v) is 6.29. The van der Waals surface area contributed by atoms with Crippen molar-refractivity contribution in [3.63, 3.8) is 0 Å². The highest BCUT2D eigenvalue weighted by Crippen LogP contribution is 2.33. The Morgan fingerprint density at radius 3 is 2.73 bits per heavy atom. The molecule has 0 unspecified atom stereocenters. The van der Waals surface area contributed by atoms with Crippen LogP contribution in [0.4, 0.5) is 13.2 Å². The SMILES string of the molecule is CN(Cc1nc(C(F)(F)F)cs1)C(=O)[C@@H]1CCC[C@@H]1CN.Cl. The number of nitrogens with two attached hydrogens (primary N) is 1. The Bertz CT molecular complexity index is 509. The lowest BCUT2D eigenvalue weighted by Crippen LogP contribution is -2.36. The first kappa shape index (κ1) is 19.2. The molecule has 22 heavy (non-hydrogen) atoms. The third-order valence-corrected chi connectivity index (χ3v) is 4.70. The Morgan fingerprint density at radius 2 is 2.18 bits per heavy atom. The number of rotatable bonds is 4. The van der Waals surface area contributed by atoms with Gasteiger partial charge in [-0.05, 0) is 25.3 Å². The summed E-state index contributed by atoms with van der Waals surface area (Å²) in [6, 6.07) is 0. The fourth-order valence-electron chi connectivity index (χ4n) is 2.72. The normalized spacial score (nSPS) is 21.5. The lowest BCUT2D eigenvalue weighted by molar-refractivity contribution is -0.140. The zero-order chi connectivity index (χ0) is 15.6. The van der Waals surface area contributed by atoms with E-state index in [9.17, 15) is 18.0 Å². The lowest BCUT2D eigenvalue weighted by atomic mass is 9.95. The van der Waals surface area contributed by atoms with Gasteiger partial charge in [-0.3, -0.25) is 4.79 Å². The standard InChI is InChI=1S/C13H18F3N3OS.ClH/c1-19(12(20)9-4-2-3-8(9)5-17)6-11-18-10(7-21-11)13(14,15)16;/h7-9H,2-6,17H2,1H3;1H/t8-,9-;/m1./s1. The quantitative estimate of drug-likeness (QED) is 0.901. The van der Waals surface area contributed by atoms with Gasteiger partial charge >= 0.3 is 6.18 Å². The average Bonchev–Trinajstić information content (AvgIpc) is 3.05. The van der Waals surface area contributed by atoms with Gasteiger partial charge in [0.15, 0.2) is 5.69 Å². The van der Waals surface area contributed by atoms with Crippen LogP contribution in [0.25, 0.3) is 0 Å². The fourth-order valence-corrected chi connectivity index (χ4v) is 3.57. The molecule has 1 aliphatic rings. The van der Waals surface area contributed by atoms with E-state index in [4.69, 9.17) is 5.73 Å². The van der Waals surface area contributed by atoms with Gasteiger partial charge in [0.1, 0.15) is 5.01 Å². The van der Waals surface area contributed by atoms with Crippen LogP contribution in [0.2, 0.25) is 0 Å². The molecule has 0 aromatic carbocycles. The molecule has 0 bridgehead atoms. The van der Waals surface area contributed by atoms with Crippen molar-refractivity contribution in [1.82, 2.24) is 9.88 Å². The van der Waals surface area contributed by atoms with Crippen LogP contribution in [0.1, 0.15) is 30.0 Å². The third kappa shape index (κ3) is 4.33. The number of aromatic nitrogens is 1. The van der Waals surface area contributed by atoms with Crippen LogP contribution in [0, 0.1) is 11.8 Å². The Kier molecular flexibility index (Phi) is 6.64. The average molecular weight is 358 g/mol. The van der Waals surface area contributed by atoms with Crippen molar-refractivity contribution < 1.29 is 18.0 Å². The Labute approximate surface area is 137 Å². The number of thiazole rings is 1. The number of halogens is 4. The van der Waals surface area contributed by atoms with Gasteiger partial charge in [-0.25, -0.2) is 4.98 Å². The zero-order valence-corrected chi connectivity index (χ0v) is 13.7. The molecular formula is C13H19ClF3N3OS. The van der Waals surface area contributed by atoms with E-state index < -0.39 is 11.9 Å². The van der Waals surface area contributed by atoms with Crippen molar-refractivity contribution in [2.75, 3.05) is 13.6 Å². The Morgan fingerprint density at radius 1 is 1.50 bits per heavy atom. The maximum absolute atomic E-state index is 12.5. The third-order valence-electron chi connectivity index (χ3n) is 3.87. The summed E-state index contributed by atoms with van der Waals surface area (Å²) in [5, 5.41) is 1.27. The molecule has 1 aromatic rings. The molecule has 4 nitrogen and oxygen atoms in total. The molecule has 1 heterocycles. The summed E-state index contributed by atoms with van der Waals surface area (Å²) < 4.78 is 37.5. The number of hydrogen-bond acceptors (Lipinski definition) is 4. The molecule has 1 aromatic heterocycles. The predicted molar refractivity (Wildman–Crippen MR) is 80.7 cm³/mol. The van der Waals surface area contributed by atoms with Gasteiger partial charge in [0, 0.05) is 18.3 Å². The summed E-state index contributed by atoms with van der Waals surface area (Å²) >= 11 is 0.922. The summed E-state index contributed by atoms with van der Waals surface area (Å²) in [5.41, 5.74) is 4.76. The van der Waals surface area contributed by atoms with Crippen LogP contribution in [0.3, 0.4) is 0 Å². The van der Waals surface area contributed by atoms with E-state index in [1.54, 1.807) is 7.05 Å². The van der Waals surface area contributed by atoms with Crippen molar-refractivity contribution in [2.24, 2.45) is 17.6 Å². The number of alkyl halides is 3. The van der Waals surface area contributed by atoms with E-state index in [0.29, 0.717) is 11.6 Å². The number of amides is 1. The minimum atomic E-state index is -4.44. The van der Waals surface area contributed by atoms with Gasteiger partial charge in [0.05, 0.1) is 6.54 Å². The molecule has 2 rings (SSSR count). The van der Waals surface area contributed by atoms with Gasteiger partial charge in [0.2, 0.25) is 5.91 Å². The highest BCUT2D eigenvalue weighted by atomic mass is 35.5. The van der Waals surface area contributed by atoms with Gasteiger partial charge in [-0.15, -0.1) is 23.7 Å². The molecule has 126 valence electrons. The molecule has 1 saturated carbocycles. The van der Waals surface area contributed by atoms with E-state index in [1.807, 2.05) is 0 Å². The van der Waals surface area contributed by atoms with Crippen molar-refractivity contribution in [3.8, 4) is 0 Å². The van der Waals surface area contributed by atoms with Gasteiger partial charge in [0.25, 0.3) is 0 Å². The number of carbonyl (C=O) groups is 1. The molecule has 0 spiro atoms. The van der Waals surface area contributed by atoms with Crippen LogP contribution in [0.15, 0.2) is 5.38 Å². The van der Waals surface area contributed by atoms with Crippen LogP contribution in [0.5, 0.6) is 0 Å². The van der Waals surface area contributed by atoms with Gasteiger partial charge in [-0.2, -0.15) is 13.2 Å². The molecule has 1 amide bonds. The van der Waals surface area contributed by atoms with Crippen LogP contribution >= 0.6 is 23.7 Å². The van der Waals surface area contributed by atoms with E-state index in [2.05, 4.69) is 4.98 Å². The number of nitrogens with zero attached hydrogens (tertiary/aromatic N) is 2. The summed E-state index contributed by atoms with van der Waals surface area (Å²) in [5.74, 6) is 0.0238. The van der Waals surface area contributed by atoms with E-state index in [1.165, 1.54) is 4.90 Å². The summed E-state index contributed by atoms with van der Waals surface area (Å²) in [6.07, 6.45) is -1.72. The minimum absolute atomic E-state index is 0. The van der Waals surface area contributed by atoms with Gasteiger partial charge in [-0.1, -0.05) is 6.42 Å². The largest absolute Gasteiger partial charge is 0.434 e. The van der Waals surface area contributed by atoms with Crippen LogP contribution < -0.4 is 5.73 Å². The molecule has 1 aliphatic carbocycles. The summed E-state index contributed by atoms with van der Waals surface area (Å²) in [7, 11) is 1.60. The Hall–Kier alpha value is -0.860. The van der Waals surface area contributed by atoms with Crippen molar-refractivity contribution >= 4 is 29.7 Å². The first-order chi connectivity index (χ1) is 9.82. The smallest absolute Gasteiger partial charge is 0.339 e. The highest BCUT2D eigenvalue weighted by molar-refractivity contribution is 7.09. The monoisotopic (exact) mass is 357 g/mol. The molecule has 2 N–H and O–H groups in total. The molecule has 0 saturated heterocycles. The summed E-state index contributed by atoms with van der Waals surface area (Å²) in [6.45, 7) is 0.576. The zero-order valence-electron chi connectivity index (χ0n) is 12.1. The van der Waals surface area contributed by atoms with Crippen molar-refractivity contribution in [3.05, 3.63) is 16.1 Å². The number of carbonyl (C=O) groups excluding carboxylic acids is 1. The lowest BCUT2D eigenvalue weighted by Gasteiger charge is -2.23. The molecule has 0 aliphatic heterocycles. The fraction of sp³-hybridized carbons (Fsp3) is 0.692. The molecule has 9 heteroatoms. The number of hydrogen-bond donors (Lipinski definition) is 1. The van der Waals surface area contributed by atoms with Gasteiger partial charge < -0.3 is 10.6 Å². The molecule has 0 radical (unpaired) electrons. The van der Waals surface area contributed by atoms with Crippen molar-refractivity contribution in [1.29, 1.82) is 0 Å².